The third kappa shape index (κ3) is 9.74. The first-order valence-electron chi connectivity index (χ1n) is 15.5. The standard InChI is InChI=1S/C32H41B2N3O10/c1-21-9-10-25(40)30-26(46-32(3,4)47-30)8-6-7-23-15-24(16-27(44-20-42-5)29(23)31(41)45-22(21)2)43-14-13-36(33-18-38)17-28-35-11-12-37(28)34-19-39/h6-7,9-12,15-16,18-19,21-22,26,30,33-34H,8,13-14,17,20H2,1-5H3/b7-6+,10-9-/t21-,22?,26?,30?/m1/s1. The van der Waals surface area contributed by atoms with Gasteiger partial charge in [0.2, 0.25) is 0 Å². The molecule has 0 N–H and O–H groups in total. The van der Waals surface area contributed by atoms with Crippen LogP contribution in [0.1, 0.15) is 55.9 Å². The number of cyclic esters (lactones) is 1. The van der Waals surface area contributed by atoms with Crippen LogP contribution in [0.15, 0.2) is 42.8 Å². The molecule has 250 valence electrons. The van der Waals surface area contributed by atoms with E-state index < -0.39 is 30.1 Å². The summed E-state index contributed by atoms with van der Waals surface area (Å²) < 4.78 is 36.7. The zero-order valence-corrected chi connectivity index (χ0v) is 27.5. The largest absolute Gasteiger partial charge is 0.492 e. The molecule has 3 unspecified atom stereocenters. The molecular formula is C32H41B2N3O10. The van der Waals surface area contributed by atoms with Crippen molar-refractivity contribution in [3.8, 4) is 11.5 Å². The molecule has 2 aliphatic rings. The maximum Gasteiger partial charge on any atom is 0.342 e. The molecule has 0 amide bonds. The molecule has 1 fully saturated rings. The van der Waals surface area contributed by atoms with E-state index >= 15 is 0 Å². The lowest BCUT2D eigenvalue weighted by molar-refractivity contribution is -0.152. The number of hydrogen-bond acceptors (Lipinski definition) is 12. The first kappa shape index (κ1) is 35.8. The number of rotatable bonds is 13. The molecule has 15 heteroatoms. The minimum absolute atomic E-state index is 0.131. The van der Waals surface area contributed by atoms with Gasteiger partial charge in [0.05, 0.1) is 18.9 Å². The fraction of sp³-hybridized carbons (Fsp3) is 0.469. The summed E-state index contributed by atoms with van der Waals surface area (Å²) in [5.74, 6) is -0.806. The third-order valence-electron chi connectivity index (χ3n) is 7.82. The molecular weight excluding hydrogens is 608 g/mol. The molecule has 0 bridgehead atoms. The number of esters is 1. The van der Waals surface area contributed by atoms with Crippen molar-refractivity contribution in [3.63, 3.8) is 0 Å². The minimum atomic E-state index is -0.940. The van der Waals surface area contributed by atoms with Gasteiger partial charge in [0.25, 0.3) is 7.41 Å². The van der Waals surface area contributed by atoms with Gasteiger partial charge in [0.15, 0.2) is 18.4 Å². The average molecular weight is 649 g/mol. The molecule has 3 heterocycles. The van der Waals surface area contributed by atoms with Gasteiger partial charge in [-0.2, -0.15) is 0 Å². The normalized spacial score (nSPS) is 23.9. The molecule has 1 saturated heterocycles. The topological polar surface area (TPSA) is 145 Å². The highest BCUT2D eigenvalue weighted by molar-refractivity contribution is 6.65. The predicted octanol–water partition coefficient (Wildman–Crippen LogP) is 1.92. The zero-order chi connectivity index (χ0) is 34.0. The van der Waals surface area contributed by atoms with Crippen molar-refractivity contribution in [1.29, 1.82) is 0 Å². The number of ether oxygens (including phenoxy) is 6. The van der Waals surface area contributed by atoms with Crippen LogP contribution in [0.5, 0.6) is 11.5 Å². The number of nitrogens with zero attached hydrogens (tertiary/aromatic N) is 3. The summed E-state index contributed by atoms with van der Waals surface area (Å²) in [7, 11) is 1.77. The van der Waals surface area contributed by atoms with Crippen LogP contribution in [-0.2, 0) is 39.9 Å². The van der Waals surface area contributed by atoms with Crippen LogP contribution in [0.3, 0.4) is 0 Å². The maximum atomic E-state index is 13.6. The number of benzene rings is 1. The molecule has 2 aromatic rings. The van der Waals surface area contributed by atoms with Gasteiger partial charge < -0.3 is 47.3 Å². The van der Waals surface area contributed by atoms with Crippen molar-refractivity contribution >= 4 is 45.0 Å². The Bertz CT molecular complexity index is 1480. The Morgan fingerprint density at radius 2 is 1.94 bits per heavy atom. The monoisotopic (exact) mass is 649 g/mol. The summed E-state index contributed by atoms with van der Waals surface area (Å²) >= 11 is 0. The molecule has 0 spiro atoms. The molecule has 4 rings (SSSR count). The summed E-state index contributed by atoms with van der Waals surface area (Å²) in [6, 6.07) is 3.29. The average Bonchev–Trinajstić information content (AvgIpc) is 3.60. The first-order chi connectivity index (χ1) is 22.5. The highest BCUT2D eigenvalue weighted by Crippen LogP contribution is 2.34. The highest BCUT2D eigenvalue weighted by atomic mass is 16.8. The van der Waals surface area contributed by atoms with Crippen LogP contribution in [0.2, 0.25) is 0 Å². The Balaban J connectivity index is 1.62. The highest BCUT2D eigenvalue weighted by Gasteiger charge is 2.43. The van der Waals surface area contributed by atoms with Gasteiger partial charge in [-0.3, -0.25) is 4.79 Å². The van der Waals surface area contributed by atoms with Crippen molar-refractivity contribution in [2.75, 3.05) is 27.1 Å². The van der Waals surface area contributed by atoms with Crippen LogP contribution < -0.4 is 9.47 Å². The SMILES string of the molecule is COCOc1cc(OCCN(BC=O)Cc2nccn2BC=O)cc2c1C(=O)OC(C)[C@H](C)/C=C\C(=O)C1OC(C)(C)OC1C/C=C/2. The second kappa shape index (κ2) is 16.7. The molecule has 1 aromatic heterocycles. The van der Waals surface area contributed by atoms with E-state index in [4.69, 9.17) is 28.4 Å². The number of fused-ring (bicyclic) bond motifs is 2. The van der Waals surface area contributed by atoms with E-state index in [1.807, 2.05) is 11.7 Å². The fourth-order valence-corrected chi connectivity index (χ4v) is 5.26. The lowest BCUT2D eigenvalue weighted by Gasteiger charge is -2.22. The van der Waals surface area contributed by atoms with Crippen LogP contribution in [-0.4, -0.2) is 104 Å². The smallest absolute Gasteiger partial charge is 0.342 e. The van der Waals surface area contributed by atoms with E-state index in [1.54, 1.807) is 68.0 Å². The van der Waals surface area contributed by atoms with Crippen LogP contribution in [0, 0.1) is 5.92 Å². The fourth-order valence-electron chi connectivity index (χ4n) is 5.26. The van der Waals surface area contributed by atoms with E-state index in [1.165, 1.54) is 13.2 Å². The molecule has 0 aliphatic carbocycles. The number of methoxy groups -OCH3 is 1. The summed E-state index contributed by atoms with van der Waals surface area (Å²) in [5, 5.41) is 0. The predicted molar refractivity (Wildman–Crippen MR) is 176 cm³/mol. The Morgan fingerprint density at radius 3 is 2.68 bits per heavy atom. The van der Waals surface area contributed by atoms with Crippen molar-refractivity contribution in [1.82, 2.24) is 14.3 Å². The lowest BCUT2D eigenvalue weighted by atomic mass is 9.94. The van der Waals surface area contributed by atoms with Gasteiger partial charge in [-0.05, 0) is 44.9 Å². The molecule has 2 aliphatic heterocycles. The van der Waals surface area contributed by atoms with E-state index in [0.29, 0.717) is 36.6 Å². The van der Waals surface area contributed by atoms with Crippen LogP contribution in [0.4, 0.5) is 0 Å². The van der Waals surface area contributed by atoms with Crippen molar-refractivity contribution in [2.45, 2.75) is 64.8 Å². The molecule has 47 heavy (non-hydrogen) atoms. The zero-order valence-electron chi connectivity index (χ0n) is 27.5. The molecule has 0 saturated carbocycles. The Labute approximate surface area is 275 Å². The number of carbonyl (C=O) groups excluding carboxylic acids is 4. The summed E-state index contributed by atoms with van der Waals surface area (Å²) in [6.45, 7) is 7.89. The number of imidazole rings is 1. The van der Waals surface area contributed by atoms with Crippen molar-refractivity contribution in [3.05, 3.63) is 59.7 Å². The molecule has 4 atom stereocenters. The number of ketones is 1. The summed E-state index contributed by atoms with van der Waals surface area (Å²) in [6.07, 6.45) is 10.0. The van der Waals surface area contributed by atoms with E-state index in [9.17, 15) is 19.2 Å². The summed E-state index contributed by atoms with van der Waals surface area (Å²) in [4.78, 5) is 55.3. The summed E-state index contributed by atoms with van der Waals surface area (Å²) in [5.41, 5.74) is 0.652. The number of hydrogen-bond donors (Lipinski definition) is 0. The Hall–Kier alpha value is -4.04. The van der Waals surface area contributed by atoms with Gasteiger partial charge in [-0.25, -0.2) is 9.78 Å². The number of aromatic nitrogens is 2. The number of carbonyl (C=O) groups is 4. The Kier molecular flexibility index (Phi) is 12.7. The minimum Gasteiger partial charge on any atom is -0.492 e. The Morgan fingerprint density at radius 1 is 1.13 bits per heavy atom. The second-order valence-corrected chi connectivity index (χ2v) is 11.8. The van der Waals surface area contributed by atoms with Gasteiger partial charge in [-0.1, -0.05) is 25.2 Å². The molecule has 0 radical (unpaired) electrons. The van der Waals surface area contributed by atoms with E-state index in [0.717, 1.165) is 12.4 Å². The first-order valence-corrected chi connectivity index (χ1v) is 15.5. The van der Waals surface area contributed by atoms with Crippen molar-refractivity contribution < 1.29 is 47.6 Å². The molecule has 1 aromatic carbocycles. The van der Waals surface area contributed by atoms with Gasteiger partial charge >= 0.3 is 13.4 Å². The van der Waals surface area contributed by atoms with Gasteiger partial charge in [0.1, 0.15) is 41.3 Å². The lowest BCUT2D eigenvalue weighted by Crippen LogP contribution is -2.34. The quantitative estimate of drug-likeness (QED) is 0.135. The van der Waals surface area contributed by atoms with Gasteiger partial charge in [-0.15, -0.1) is 0 Å². The van der Waals surface area contributed by atoms with Crippen LogP contribution >= 0.6 is 0 Å². The van der Waals surface area contributed by atoms with Crippen molar-refractivity contribution in [2.24, 2.45) is 5.92 Å². The van der Waals surface area contributed by atoms with E-state index in [-0.39, 0.29) is 51.2 Å². The second-order valence-electron chi connectivity index (χ2n) is 11.8. The van der Waals surface area contributed by atoms with E-state index in [2.05, 4.69) is 4.98 Å². The van der Waals surface area contributed by atoms with Crippen LogP contribution in [0.25, 0.3) is 6.08 Å². The molecule has 13 nitrogen and oxygen atoms in total. The maximum absolute atomic E-state index is 13.6. The third-order valence-corrected chi connectivity index (χ3v) is 7.82. The van der Waals surface area contributed by atoms with Gasteiger partial charge in [0, 0.05) is 44.6 Å².